The predicted octanol–water partition coefficient (Wildman–Crippen LogP) is 5.07. The predicted molar refractivity (Wildman–Crippen MR) is 121 cm³/mol. The lowest BCUT2D eigenvalue weighted by atomic mass is 10.1. The summed E-state index contributed by atoms with van der Waals surface area (Å²) in [6.45, 7) is 0.148. The lowest BCUT2D eigenvalue weighted by Gasteiger charge is -2.10. The number of aryl methyl sites for hydroxylation is 1. The molecular weight excluding hydrogens is 430 g/mol. The van der Waals surface area contributed by atoms with Crippen LogP contribution >= 0.6 is 15.9 Å². The summed E-state index contributed by atoms with van der Waals surface area (Å²) in [6, 6.07) is 24.6. The number of anilines is 3. The third-order valence-corrected chi connectivity index (χ3v) is 4.74. The Labute approximate surface area is 178 Å². The summed E-state index contributed by atoms with van der Waals surface area (Å²) >= 11 is 3.38. The molecule has 0 bridgehead atoms. The number of hydrogen-bond donors (Lipinski definition) is 3. The molecule has 0 aromatic heterocycles. The Morgan fingerprint density at radius 2 is 1.38 bits per heavy atom. The van der Waals surface area contributed by atoms with Gasteiger partial charge in [-0.3, -0.25) is 9.59 Å². The first-order valence-corrected chi connectivity index (χ1v) is 10.1. The number of carbonyl (C=O) groups excluding carboxylic acids is 2. The zero-order chi connectivity index (χ0) is 20.5. The van der Waals surface area contributed by atoms with E-state index in [0.29, 0.717) is 24.2 Å². The number of rotatable bonds is 8. The second-order valence-corrected chi connectivity index (χ2v) is 7.44. The Morgan fingerprint density at radius 1 is 0.724 bits per heavy atom. The maximum atomic E-state index is 12.2. The van der Waals surface area contributed by atoms with Crippen molar-refractivity contribution in [3.8, 4) is 0 Å². The SMILES string of the molecule is O=C(CCc1ccccc1)Nc1cccc(NC(=O)CNc2ccc(Br)cc2)c1. The van der Waals surface area contributed by atoms with Crippen LogP contribution in [0.3, 0.4) is 0 Å². The maximum absolute atomic E-state index is 12.2. The molecular formula is C23H22BrN3O2. The van der Waals surface area contributed by atoms with Crippen molar-refractivity contribution in [2.24, 2.45) is 0 Å². The molecule has 2 amide bonds. The quantitative estimate of drug-likeness (QED) is 0.447. The summed E-state index contributed by atoms with van der Waals surface area (Å²) in [5.41, 5.74) is 3.28. The summed E-state index contributed by atoms with van der Waals surface area (Å²) in [7, 11) is 0. The number of hydrogen-bond acceptors (Lipinski definition) is 3. The van der Waals surface area contributed by atoms with Crippen LogP contribution in [-0.4, -0.2) is 18.4 Å². The minimum absolute atomic E-state index is 0.0609. The Balaban J connectivity index is 1.47. The van der Waals surface area contributed by atoms with Gasteiger partial charge in [-0.2, -0.15) is 0 Å². The van der Waals surface area contributed by atoms with Crippen molar-refractivity contribution < 1.29 is 9.59 Å². The third kappa shape index (κ3) is 7.08. The molecule has 0 radical (unpaired) electrons. The fourth-order valence-corrected chi connectivity index (χ4v) is 3.02. The molecule has 3 aromatic carbocycles. The van der Waals surface area contributed by atoms with Gasteiger partial charge < -0.3 is 16.0 Å². The lowest BCUT2D eigenvalue weighted by molar-refractivity contribution is -0.116. The van der Waals surface area contributed by atoms with Crippen LogP contribution in [0.15, 0.2) is 83.3 Å². The molecule has 0 spiro atoms. The van der Waals surface area contributed by atoms with E-state index in [-0.39, 0.29) is 18.4 Å². The van der Waals surface area contributed by atoms with Gasteiger partial charge in [0.05, 0.1) is 6.54 Å². The van der Waals surface area contributed by atoms with Crippen molar-refractivity contribution in [2.45, 2.75) is 12.8 Å². The minimum atomic E-state index is -0.166. The highest BCUT2D eigenvalue weighted by atomic mass is 79.9. The molecule has 0 fully saturated rings. The van der Waals surface area contributed by atoms with Crippen molar-refractivity contribution in [1.29, 1.82) is 0 Å². The van der Waals surface area contributed by atoms with E-state index >= 15 is 0 Å². The number of carbonyl (C=O) groups is 2. The molecule has 0 atom stereocenters. The molecule has 3 rings (SSSR count). The van der Waals surface area contributed by atoms with Crippen LogP contribution in [0.2, 0.25) is 0 Å². The van der Waals surface area contributed by atoms with E-state index < -0.39 is 0 Å². The fraction of sp³-hybridized carbons (Fsp3) is 0.130. The highest BCUT2D eigenvalue weighted by Gasteiger charge is 2.06. The second-order valence-electron chi connectivity index (χ2n) is 6.52. The molecule has 0 aliphatic rings. The van der Waals surface area contributed by atoms with E-state index in [1.165, 1.54) is 0 Å². The minimum Gasteiger partial charge on any atom is -0.376 e. The van der Waals surface area contributed by atoms with Crippen molar-refractivity contribution in [2.75, 3.05) is 22.5 Å². The molecule has 3 aromatic rings. The van der Waals surface area contributed by atoms with Crippen molar-refractivity contribution in [1.82, 2.24) is 0 Å². The molecule has 29 heavy (non-hydrogen) atoms. The van der Waals surface area contributed by atoms with Gasteiger partial charge in [-0.25, -0.2) is 0 Å². The number of halogens is 1. The van der Waals surface area contributed by atoms with Gasteiger partial charge >= 0.3 is 0 Å². The van der Waals surface area contributed by atoms with Gasteiger partial charge in [0.15, 0.2) is 0 Å². The van der Waals surface area contributed by atoms with Crippen LogP contribution < -0.4 is 16.0 Å². The van der Waals surface area contributed by atoms with Gasteiger partial charge in [-0.1, -0.05) is 52.3 Å². The van der Waals surface area contributed by atoms with Crippen LogP contribution in [0, 0.1) is 0 Å². The van der Waals surface area contributed by atoms with Crippen molar-refractivity contribution in [3.05, 3.63) is 88.9 Å². The zero-order valence-corrected chi connectivity index (χ0v) is 17.4. The summed E-state index contributed by atoms with van der Waals surface area (Å²) in [5, 5.41) is 8.78. The molecule has 0 saturated carbocycles. The largest absolute Gasteiger partial charge is 0.376 e. The molecule has 0 aliphatic heterocycles. The average molecular weight is 452 g/mol. The van der Waals surface area contributed by atoms with Gasteiger partial charge in [0, 0.05) is 28.0 Å². The maximum Gasteiger partial charge on any atom is 0.243 e. The lowest BCUT2D eigenvalue weighted by Crippen LogP contribution is -2.21. The van der Waals surface area contributed by atoms with Crippen LogP contribution in [-0.2, 0) is 16.0 Å². The van der Waals surface area contributed by atoms with E-state index in [1.807, 2.05) is 54.6 Å². The standard InChI is InChI=1S/C23H22BrN3O2/c24-18-10-12-19(13-11-18)25-16-23(29)27-21-8-4-7-20(15-21)26-22(28)14-9-17-5-2-1-3-6-17/h1-8,10-13,15,25H,9,14,16H2,(H,26,28)(H,27,29). The van der Waals surface area contributed by atoms with Crippen LogP contribution in [0.4, 0.5) is 17.1 Å². The van der Waals surface area contributed by atoms with E-state index in [4.69, 9.17) is 0 Å². The molecule has 6 heteroatoms. The summed E-state index contributed by atoms with van der Waals surface area (Å²) in [6.07, 6.45) is 1.09. The smallest absolute Gasteiger partial charge is 0.243 e. The molecule has 5 nitrogen and oxygen atoms in total. The van der Waals surface area contributed by atoms with Crippen LogP contribution in [0.1, 0.15) is 12.0 Å². The Hall–Kier alpha value is -3.12. The number of benzene rings is 3. The highest BCUT2D eigenvalue weighted by Crippen LogP contribution is 2.16. The Bertz CT molecular complexity index is 959. The summed E-state index contributed by atoms with van der Waals surface area (Å²) in [4.78, 5) is 24.4. The normalized spacial score (nSPS) is 10.2. The second kappa shape index (κ2) is 10.4. The molecule has 0 saturated heterocycles. The Kier molecular flexibility index (Phi) is 7.41. The molecule has 0 heterocycles. The van der Waals surface area contributed by atoms with Crippen LogP contribution in [0.25, 0.3) is 0 Å². The van der Waals surface area contributed by atoms with Gasteiger partial charge in [0.1, 0.15) is 0 Å². The van der Waals surface area contributed by atoms with Gasteiger partial charge in [-0.05, 0) is 54.4 Å². The first-order valence-electron chi connectivity index (χ1n) is 9.31. The molecule has 3 N–H and O–H groups in total. The summed E-state index contributed by atoms with van der Waals surface area (Å²) in [5.74, 6) is -0.227. The van der Waals surface area contributed by atoms with Gasteiger partial charge in [0.2, 0.25) is 11.8 Å². The van der Waals surface area contributed by atoms with Crippen molar-refractivity contribution >= 4 is 44.8 Å². The molecule has 0 aliphatic carbocycles. The fourth-order valence-electron chi connectivity index (χ4n) is 2.76. The third-order valence-electron chi connectivity index (χ3n) is 4.21. The van der Waals surface area contributed by atoms with Gasteiger partial charge in [-0.15, -0.1) is 0 Å². The molecule has 148 valence electrons. The number of nitrogens with one attached hydrogen (secondary N) is 3. The topological polar surface area (TPSA) is 70.2 Å². The molecule has 0 unspecified atom stereocenters. The first-order chi connectivity index (χ1) is 14.1. The van der Waals surface area contributed by atoms with E-state index in [0.717, 1.165) is 15.7 Å². The number of amides is 2. The van der Waals surface area contributed by atoms with E-state index in [2.05, 4.69) is 31.9 Å². The van der Waals surface area contributed by atoms with Crippen LogP contribution in [0.5, 0.6) is 0 Å². The van der Waals surface area contributed by atoms with Crippen molar-refractivity contribution in [3.63, 3.8) is 0 Å². The highest BCUT2D eigenvalue weighted by molar-refractivity contribution is 9.10. The monoisotopic (exact) mass is 451 g/mol. The van der Waals surface area contributed by atoms with E-state index in [1.54, 1.807) is 24.3 Å². The zero-order valence-electron chi connectivity index (χ0n) is 15.8. The Morgan fingerprint density at radius 3 is 2.07 bits per heavy atom. The average Bonchev–Trinajstić information content (AvgIpc) is 2.73. The van der Waals surface area contributed by atoms with E-state index in [9.17, 15) is 9.59 Å². The van der Waals surface area contributed by atoms with Gasteiger partial charge in [0.25, 0.3) is 0 Å². The first kappa shape index (κ1) is 20.6. The summed E-state index contributed by atoms with van der Waals surface area (Å²) < 4.78 is 0.982.